The van der Waals surface area contributed by atoms with Gasteiger partial charge in [0.05, 0.1) is 18.4 Å². The third kappa shape index (κ3) is 8.06. The van der Waals surface area contributed by atoms with Gasteiger partial charge < -0.3 is 20.6 Å². The molecule has 0 saturated carbocycles. The fourth-order valence-electron chi connectivity index (χ4n) is 3.53. The number of esters is 1. The molecule has 218 valence electrons. The Labute approximate surface area is 230 Å². The van der Waals surface area contributed by atoms with Gasteiger partial charge in [0.15, 0.2) is 11.2 Å². The van der Waals surface area contributed by atoms with Crippen LogP contribution in [0.1, 0.15) is 49.7 Å². The predicted octanol–water partition coefficient (Wildman–Crippen LogP) is 1.81. The third-order valence-electron chi connectivity index (χ3n) is 5.30. The smallest absolute Gasteiger partial charge is 0.458 e. The van der Waals surface area contributed by atoms with Crippen LogP contribution in [-0.2, 0) is 25.7 Å². The number of hydrogen-bond acceptors (Lipinski definition) is 10. The summed E-state index contributed by atoms with van der Waals surface area (Å²) in [6.45, 7) is 4.16. The molecule has 3 aromatic rings. The second-order valence-corrected chi connectivity index (χ2v) is 9.72. The SMILES string of the molecule is CC(C)(C)OC(=O)[C@@H](CCC=O)NC(=O)c1ccc(N(Cc2cnc3nc(N)[nH]c(=O)c3n2)C(=O)C(F)(F)F)cc1. The summed E-state index contributed by atoms with van der Waals surface area (Å²) in [6.07, 6.45) is -3.72. The molecule has 0 radical (unpaired) electrons. The Kier molecular flexibility index (Phi) is 9.04. The van der Waals surface area contributed by atoms with Crippen LogP contribution in [-0.4, -0.2) is 61.8 Å². The van der Waals surface area contributed by atoms with Crippen LogP contribution < -0.4 is 21.5 Å². The van der Waals surface area contributed by atoms with Gasteiger partial charge >= 0.3 is 18.1 Å². The topological polar surface area (TPSA) is 190 Å². The van der Waals surface area contributed by atoms with Gasteiger partial charge in [-0.05, 0) is 51.5 Å². The van der Waals surface area contributed by atoms with Crippen molar-refractivity contribution in [2.75, 3.05) is 10.6 Å². The monoisotopic (exact) mass is 577 g/mol. The van der Waals surface area contributed by atoms with Crippen LogP contribution in [0.3, 0.4) is 0 Å². The molecule has 0 unspecified atom stereocenters. The number of alkyl halides is 3. The molecule has 1 atom stereocenters. The van der Waals surface area contributed by atoms with Crippen molar-refractivity contribution in [3.05, 3.63) is 52.1 Å². The van der Waals surface area contributed by atoms with E-state index in [0.717, 1.165) is 30.5 Å². The van der Waals surface area contributed by atoms with Crippen molar-refractivity contribution < 1.29 is 37.1 Å². The lowest BCUT2D eigenvalue weighted by Crippen LogP contribution is -2.44. The Morgan fingerprint density at radius 1 is 1.15 bits per heavy atom. The first-order chi connectivity index (χ1) is 19.1. The lowest BCUT2D eigenvalue weighted by Gasteiger charge is -2.25. The first-order valence-corrected chi connectivity index (χ1v) is 12.1. The number of ether oxygens (including phenoxy) is 1. The number of amides is 2. The highest BCUT2D eigenvalue weighted by atomic mass is 19.4. The quantitative estimate of drug-likeness (QED) is 0.250. The minimum absolute atomic E-state index is 0.0339. The minimum atomic E-state index is -5.27. The van der Waals surface area contributed by atoms with E-state index in [9.17, 15) is 37.1 Å². The van der Waals surface area contributed by atoms with Crippen LogP contribution in [0.2, 0.25) is 0 Å². The molecular weight excluding hydrogens is 551 g/mol. The van der Waals surface area contributed by atoms with Crippen LogP contribution in [0, 0.1) is 0 Å². The summed E-state index contributed by atoms with van der Waals surface area (Å²) in [7, 11) is 0. The summed E-state index contributed by atoms with van der Waals surface area (Å²) in [5.74, 6) is -4.00. The van der Waals surface area contributed by atoms with Crippen molar-refractivity contribution in [1.29, 1.82) is 0 Å². The molecule has 3 rings (SSSR count). The zero-order chi connectivity index (χ0) is 30.5. The van der Waals surface area contributed by atoms with Gasteiger partial charge in [-0.2, -0.15) is 18.2 Å². The number of hydrogen-bond donors (Lipinski definition) is 3. The minimum Gasteiger partial charge on any atom is -0.458 e. The second kappa shape index (κ2) is 12.1. The molecule has 4 N–H and O–H groups in total. The van der Waals surface area contributed by atoms with E-state index in [-0.39, 0.29) is 46.9 Å². The van der Waals surface area contributed by atoms with E-state index in [1.54, 1.807) is 20.8 Å². The number of fused-ring (bicyclic) bond motifs is 1. The number of halogens is 3. The summed E-state index contributed by atoms with van der Waals surface area (Å²) in [6, 6.07) is 3.33. The van der Waals surface area contributed by atoms with E-state index < -0.39 is 47.7 Å². The maximum atomic E-state index is 13.5. The van der Waals surface area contributed by atoms with Crippen molar-refractivity contribution in [1.82, 2.24) is 25.3 Å². The highest BCUT2D eigenvalue weighted by molar-refractivity contribution is 5.99. The maximum Gasteiger partial charge on any atom is 0.471 e. The van der Waals surface area contributed by atoms with Crippen molar-refractivity contribution in [2.24, 2.45) is 0 Å². The molecule has 0 spiro atoms. The van der Waals surface area contributed by atoms with Gasteiger partial charge in [-0.3, -0.25) is 24.3 Å². The number of carbonyl (C=O) groups excluding carboxylic acids is 4. The predicted molar refractivity (Wildman–Crippen MR) is 138 cm³/mol. The van der Waals surface area contributed by atoms with Crippen molar-refractivity contribution >= 4 is 46.9 Å². The molecule has 0 aliphatic heterocycles. The highest BCUT2D eigenvalue weighted by Gasteiger charge is 2.43. The number of rotatable bonds is 9. The number of nitrogen functional groups attached to an aromatic ring is 1. The normalized spacial score (nSPS) is 12.4. The Hall–Kier alpha value is -4.89. The Morgan fingerprint density at radius 3 is 2.39 bits per heavy atom. The molecule has 16 heteroatoms. The molecule has 1 aromatic carbocycles. The van der Waals surface area contributed by atoms with Crippen LogP contribution >= 0.6 is 0 Å². The summed E-state index contributed by atoms with van der Waals surface area (Å²) < 4.78 is 45.6. The Balaban J connectivity index is 1.87. The summed E-state index contributed by atoms with van der Waals surface area (Å²) in [5, 5.41) is 2.45. The van der Waals surface area contributed by atoms with Gasteiger partial charge in [0.25, 0.3) is 11.5 Å². The van der Waals surface area contributed by atoms with E-state index in [1.165, 1.54) is 0 Å². The number of benzene rings is 1. The number of nitrogens with one attached hydrogen (secondary N) is 2. The molecule has 0 saturated heterocycles. The van der Waals surface area contributed by atoms with E-state index in [4.69, 9.17) is 10.5 Å². The molecule has 13 nitrogen and oxygen atoms in total. The number of H-pyrrole nitrogens is 1. The van der Waals surface area contributed by atoms with Crippen molar-refractivity contribution in [3.8, 4) is 0 Å². The average molecular weight is 578 g/mol. The summed E-state index contributed by atoms with van der Waals surface area (Å²) in [4.78, 5) is 74.7. The van der Waals surface area contributed by atoms with Gasteiger partial charge in [-0.25, -0.2) is 14.8 Å². The van der Waals surface area contributed by atoms with Crippen LogP contribution in [0.4, 0.5) is 24.8 Å². The Bertz CT molecular complexity index is 1520. The summed E-state index contributed by atoms with van der Waals surface area (Å²) >= 11 is 0. The molecule has 2 amide bonds. The molecular formula is C25H26F3N7O6. The number of anilines is 2. The zero-order valence-corrected chi connectivity index (χ0v) is 22.1. The zero-order valence-electron chi connectivity index (χ0n) is 22.1. The lowest BCUT2D eigenvalue weighted by atomic mass is 10.1. The molecule has 0 aliphatic rings. The van der Waals surface area contributed by atoms with Crippen LogP contribution in [0.15, 0.2) is 35.3 Å². The molecule has 2 heterocycles. The largest absolute Gasteiger partial charge is 0.471 e. The number of carbonyl (C=O) groups is 4. The van der Waals surface area contributed by atoms with Crippen LogP contribution in [0.5, 0.6) is 0 Å². The molecule has 0 fully saturated rings. The fourth-order valence-corrected chi connectivity index (χ4v) is 3.53. The molecule has 0 bridgehead atoms. The molecule has 2 aromatic heterocycles. The van der Waals surface area contributed by atoms with Gasteiger partial charge in [0.1, 0.15) is 17.9 Å². The van der Waals surface area contributed by atoms with Gasteiger partial charge in [0.2, 0.25) is 5.95 Å². The van der Waals surface area contributed by atoms with Crippen molar-refractivity contribution in [2.45, 2.75) is 58.0 Å². The van der Waals surface area contributed by atoms with Crippen LogP contribution in [0.25, 0.3) is 11.2 Å². The van der Waals surface area contributed by atoms with Gasteiger partial charge in [0, 0.05) is 17.7 Å². The first kappa shape index (κ1) is 30.6. The second-order valence-electron chi connectivity index (χ2n) is 9.72. The number of nitrogens with two attached hydrogens (primary N) is 1. The van der Waals surface area contributed by atoms with Gasteiger partial charge in [-0.1, -0.05) is 0 Å². The standard InChI is InChI=1S/C25H26F3N7O6/c1-24(2,3)41-21(39)16(5-4-10-36)32-19(37)13-6-8-15(9-7-13)35(22(40)25(26,27)28)12-14-11-30-18-17(31-14)20(38)34-23(29)33-18/h6-11,16H,4-5,12H2,1-3H3,(H,32,37)(H3,29,30,33,34,38)/t16-/m1/s1. The first-order valence-electron chi connectivity index (χ1n) is 12.1. The highest BCUT2D eigenvalue weighted by Crippen LogP contribution is 2.26. The maximum absolute atomic E-state index is 13.5. The number of nitrogens with zero attached hydrogens (tertiary/aromatic N) is 4. The number of aromatic nitrogens is 4. The van der Waals surface area contributed by atoms with E-state index >= 15 is 0 Å². The Morgan fingerprint density at radius 2 is 1.80 bits per heavy atom. The van der Waals surface area contributed by atoms with E-state index in [1.807, 2.05) is 0 Å². The van der Waals surface area contributed by atoms with Crippen molar-refractivity contribution in [3.63, 3.8) is 0 Å². The fraction of sp³-hybridized carbons (Fsp3) is 0.360. The number of aldehydes is 1. The van der Waals surface area contributed by atoms with E-state index in [0.29, 0.717) is 11.2 Å². The molecule has 0 aliphatic carbocycles. The van der Waals surface area contributed by atoms with E-state index in [2.05, 4.69) is 25.3 Å². The molecule has 41 heavy (non-hydrogen) atoms. The lowest BCUT2D eigenvalue weighted by molar-refractivity contribution is -0.170. The average Bonchev–Trinajstić information content (AvgIpc) is 2.88. The third-order valence-corrected chi connectivity index (χ3v) is 5.30. The number of aromatic amines is 1. The van der Waals surface area contributed by atoms with Gasteiger partial charge in [-0.15, -0.1) is 0 Å². The summed E-state index contributed by atoms with van der Waals surface area (Å²) in [5.41, 5.74) is 2.92.